The molecule has 1 atom stereocenters. The van der Waals surface area contributed by atoms with E-state index in [1.54, 1.807) is 13.1 Å². The third-order valence-electron chi connectivity index (χ3n) is 4.00. The molecule has 31 heavy (non-hydrogen) atoms. The molecule has 2 aromatic heterocycles. The van der Waals surface area contributed by atoms with Crippen LogP contribution in [0.5, 0.6) is 5.88 Å². The Bertz CT molecular complexity index is 954. The number of halogens is 6. The van der Waals surface area contributed by atoms with E-state index in [9.17, 15) is 31.1 Å². The second-order valence-corrected chi connectivity index (χ2v) is 6.40. The minimum absolute atomic E-state index is 0.0475. The Morgan fingerprint density at radius 2 is 1.74 bits per heavy atom. The average molecular weight is 451 g/mol. The Kier molecular flexibility index (Phi) is 6.08. The van der Waals surface area contributed by atoms with Gasteiger partial charge in [0, 0.05) is 19.3 Å². The van der Waals surface area contributed by atoms with Crippen LogP contribution in [-0.4, -0.2) is 52.3 Å². The summed E-state index contributed by atoms with van der Waals surface area (Å²) in [5.74, 6) is -1.03. The van der Waals surface area contributed by atoms with Crippen molar-refractivity contribution in [3.05, 3.63) is 36.3 Å². The second-order valence-electron chi connectivity index (χ2n) is 6.40. The van der Waals surface area contributed by atoms with Crippen LogP contribution >= 0.6 is 0 Å². The minimum Gasteiger partial charge on any atom is -0.468 e. The van der Waals surface area contributed by atoms with Gasteiger partial charge in [-0.1, -0.05) is 0 Å². The van der Waals surface area contributed by atoms with Crippen molar-refractivity contribution in [3.63, 3.8) is 0 Å². The molecule has 1 aliphatic rings. The van der Waals surface area contributed by atoms with Crippen LogP contribution in [0.4, 0.5) is 32.0 Å². The third kappa shape index (κ3) is 5.86. The molecule has 14 heteroatoms. The summed E-state index contributed by atoms with van der Waals surface area (Å²) in [4.78, 5) is 21.3. The van der Waals surface area contributed by atoms with E-state index in [4.69, 9.17) is 4.74 Å². The van der Waals surface area contributed by atoms with E-state index in [2.05, 4.69) is 19.8 Å². The lowest BCUT2D eigenvalue weighted by Gasteiger charge is -2.30. The van der Waals surface area contributed by atoms with Crippen LogP contribution in [0.2, 0.25) is 0 Å². The molecule has 0 saturated heterocycles. The molecule has 2 aromatic rings. The summed E-state index contributed by atoms with van der Waals surface area (Å²) < 4.78 is 85.5. The largest absolute Gasteiger partial charge is 0.468 e. The van der Waals surface area contributed by atoms with E-state index >= 15 is 0 Å². The van der Waals surface area contributed by atoms with Crippen molar-refractivity contribution in [1.82, 2.24) is 14.8 Å². The third-order valence-corrected chi connectivity index (χ3v) is 4.00. The van der Waals surface area contributed by atoms with E-state index in [-0.39, 0.29) is 18.0 Å². The zero-order chi connectivity index (χ0) is 22.8. The molecule has 0 bridgehead atoms. The van der Waals surface area contributed by atoms with Crippen molar-refractivity contribution in [2.24, 2.45) is 12.0 Å². The number of nitrogens with zero attached hydrogens (tertiary/aromatic N) is 5. The molecule has 1 amide bonds. The van der Waals surface area contributed by atoms with Gasteiger partial charge in [0.15, 0.2) is 13.2 Å². The summed E-state index contributed by atoms with van der Waals surface area (Å²) >= 11 is 0. The molecule has 0 N–H and O–H groups in total. The number of amidine groups is 1. The predicted octanol–water partition coefficient (Wildman–Crippen LogP) is 3.17. The molecule has 1 unspecified atom stereocenters. The van der Waals surface area contributed by atoms with E-state index < -0.39 is 43.5 Å². The van der Waals surface area contributed by atoms with Crippen LogP contribution in [0.25, 0.3) is 0 Å². The first-order valence-corrected chi connectivity index (χ1v) is 8.67. The number of ether oxygens (including phenoxy) is 2. The highest BCUT2D eigenvalue weighted by atomic mass is 19.4. The minimum atomic E-state index is -4.69. The van der Waals surface area contributed by atoms with Crippen LogP contribution in [0.1, 0.15) is 18.2 Å². The molecule has 168 valence electrons. The summed E-state index contributed by atoms with van der Waals surface area (Å²) in [5.41, 5.74) is 0.434. The number of aliphatic imine (C=N–C) groups is 1. The highest BCUT2D eigenvalue weighted by molar-refractivity contribution is 6.15. The number of alkyl halides is 6. The van der Waals surface area contributed by atoms with Gasteiger partial charge in [-0.3, -0.25) is 9.48 Å². The topological polar surface area (TPSA) is 81.8 Å². The van der Waals surface area contributed by atoms with Gasteiger partial charge < -0.3 is 9.47 Å². The van der Waals surface area contributed by atoms with Crippen molar-refractivity contribution in [1.29, 1.82) is 0 Å². The number of hydrogen-bond acceptors (Lipinski definition) is 6. The van der Waals surface area contributed by atoms with Gasteiger partial charge in [-0.2, -0.15) is 31.4 Å². The van der Waals surface area contributed by atoms with Gasteiger partial charge in [0.2, 0.25) is 11.8 Å². The van der Waals surface area contributed by atoms with Gasteiger partial charge in [0.1, 0.15) is 6.04 Å². The SMILES string of the molecule is Cn1nccc1C1CC(=O)N(c2ccc(OCC(F)(F)F)nc2)C(OCC(F)(F)F)=N1. The Hall–Kier alpha value is -3.32. The van der Waals surface area contributed by atoms with Gasteiger partial charge in [-0.15, -0.1) is 0 Å². The lowest BCUT2D eigenvalue weighted by molar-refractivity contribution is -0.157. The van der Waals surface area contributed by atoms with Crippen LogP contribution < -0.4 is 9.64 Å². The van der Waals surface area contributed by atoms with E-state index in [1.165, 1.54) is 10.9 Å². The maximum absolute atomic E-state index is 12.7. The van der Waals surface area contributed by atoms with Gasteiger partial charge in [-0.05, 0) is 12.1 Å². The van der Waals surface area contributed by atoms with Gasteiger partial charge >= 0.3 is 12.4 Å². The molecule has 3 heterocycles. The monoisotopic (exact) mass is 451 g/mol. The first-order valence-electron chi connectivity index (χ1n) is 8.67. The smallest absolute Gasteiger partial charge is 0.422 e. The Balaban J connectivity index is 1.87. The number of anilines is 1. The van der Waals surface area contributed by atoms with E-state index in [0.717, 1.165) is 23.2 Å². The summed E-state index contributed by atoms with van der Waals surface area (Å²) in [6.45, 7) is -3.27. The van der Waals surface area contributed by atoms with Gasteiger partial charge in [-0.25, -0.2) is 14.9 Å². The van der Waals surface area contributed by atoms with Crippen molar-refractivity contribution >= 4 is 17.6 Å². The van der Waals surface area contributed by atoms with Crippen molar-refractivity contribution in [2.75, 3.05) is 18.1 Å². The number of amides is 1. The molecule has 3 rings (SSSR count). The number of carbonyl (C=O) groups is 1. The second kappa shape index (κ2) is 8.43. The Morgan fingerprint density at radius 3 is 2.29 bits per heavy atom. The molecule has 0 fully saturated rings. The van der Waals surface area contributed by atoms with E-state index in [1.807, 2.05) is 0 Å². The molecule has 0 spiro atoms. The zero-order valence-electron chi connectivity index (χ0n) is 15.8. The van der Waals surface area contributed by atoms with Crippen LogP contribution in [-0.2, 0) is 16.6 Å². The first kappa shape index (κ1) is 22.4. The quantitative estimate of drug-likeness (QED) is 0.653. The van der Waals surface area contributed by atoms with E-state index in [0.29, 0.717) is 5.69 Å². The van der Waals surface area contributed by atoms with Crippen LogP contribution in [0.3, 0.4) is 0 Å². The fraction of sp³-hybridized carbons (Fsp3) is 0.412. The van der Waals surface area contributed by atoms with Gasteiger partial charge in [0.05, 0.1) is 24.0 Å². The van der Waals surface area contributed by atoms with Crippen LogP contribution in [0.15, 0.2) is 35.6 Å². The molecule has 1 aliphatic heterocycles. The average Bonchev–Trinajstić information content (AvgIpc) is 3.10. The lowest BCUT2D eigenvalue weighted by atomic mass is 10.1. The molecule has 0 aliphatic carbocycles. The number of pyridine rings is 1. The maximum atomic E-state index is 12.7. The summed E-state index contributed by atoms with van der Waals surface area (Å²) in [7, 11) is 1.58. The molecular formula is C17H15F6N5O3. The van der Waals surface area contributed by atoms with Gasteiger partial charge in [0.25, 0.3) is 6.02 Å². The number of carbonyl (C=O) groups excluding carboxylic acids is 1. The molecule has 0 aromatic carbocycles. The van der Waals surface area contributed by atoms with Crippen molar-refractivity contribution in [2.45, 2.75) is 24.8 Å². The Morgan fingerprint density at radius 1 is 1.06 bits per heavy atom. The fourth-order valence-corrected chi connectivity index (χ4v) is 2.73. The molecular weight excluding hydrogens is 436 g/mol. The predicted molar refractivity (Wildman–Crippen MR) is 93.3 cm³/mol. The zero-order valence-corrected chi connectivity index (χ0v) is 15.8. The summed E-state index contributed by atoms with van der Waals surface area (Å²) in [6, 6.07) is 2.32. The molecule has 0 radical (unpaired) electrons. The maximum Gasteiger partial charge on any atom is 0.422 e. The van der Waals surface area contributed by atoms with Crippen molar-refractivity contribution in [3.8, 4) is 5.88 Å². The lowest BCUT2D eigenvalue weighted by Crippen LogP contribution is -2.44. The highest BCUT2D eigenvalue weighted by Crippen LogP contribution is 2.31. The summed E-state index contributed by atoms with van der Waals surface area (Å²) in [6.07, 6.45) is -7.05. The molecule has 0 saturated carbocycles. The first-order chi connectivity index (χ1) is 14.4. The van der Waals surface area contributed by atoms with Crippen molar-refractivity contribution < 1.29 is 40.6 Å². The number of hydrogen-bond donors (Lipinski definition) is 0. The Labute approximate surface area is 171 Å². The normalized spacial score (nSPS) is 17.5. The van der Waals surface area contributed by atoms with Crippen LogP contribution in [0, 0.1) is 0 Å². The standard InChI is InChI=1S/C17H15F6N5O3/c1-27-12(4-5-25-27)11-6-14(29)28(15(26-11)31-9-17(21,22)23)10-2-3-13(24-7-10)30-8-16(18,19)20/h2-5,7,11H,6,8-9H2,1H3. The highest BCUT2D eigenvalue weighted by Gasteiger charge is 2.37. The number of aryl methyl sites for hydroxylation is 1. The number of rotatable bonds is 5. The number of aromatic nitrogens is 3. The molecule has 8 nitrogen and oxygen atoms in total. The summed E-state index contributed by atoms with van der Waals surface area (Å²) in [5, 5.41) is 3.95. The fourth-order valence-electron chi connectivity index (χ4n) is 2.73.